The van der Waals surface area contributed by atoms with Gasteiger partial charge in [0.05, 0.1) is 5.25 Å². The SMILES string of the molecule is C[C@@H](SCc1ccccc1)C(=O)NN=C1CCCCCC1. The Kier molecular flexibility index (Phi) is 6.80. The van der Waals surface area contributed by atoms with E-state index in [1.807, 2.05) is 25.1 Å². The molecule has 0 aliphatic heterocycles. The first-order chi connectivity index (χ1) is 10.3. The second-order valence-electron chi connectivity index (χ2n) is 5.51. The number of hydrogen-bond donors (Lipinski definition) is 1. The molecule has 1 N–H and O–H groups in total. The van der Waals surface area contributed by atoms with Crippen LogP contribution in [-0.4, -0.2) is 16.9 Å². The minimum Gasteiger partial charge on any atom is -0.272 e. The number of nitrogens with zero attached hydrogens (tertiary/aromatic N) is 1. The fourth-order valence-electron chi connectivity index (χ4n) is 2.34. The molecule has 0 spiro atoms. The second kappa shape index (κ2) is 8.88. The fourth-order valence-corrected chi connectivity index (χ4v) is 3.18. The summed E-state index contributed by atoms with van der Waals surface area (Å²) in [6.07, 6.45) is 7.05. The first-order valence-corrected chi connectivity index (χ1v) is 8.81. The van der Waals surface area contributed by atoms with Crippen LogP contribution in [0.4, 0.5) is 0 Å². The number of carbonyl (C=O) groups excluding carboxylic acids is 1. The van der Waals surface area contributed by atoms with Crippen molar-refractivity contribution in [2.24, 2.45) is 5.10 Å². The maximum absolute atomic E-state index is 12.1. The van der Waals surface area contributed by atoms with Crippen LogP contribution in [0.3, 0.4) is 0 Å². The zero-order chi connectivity index (χ0) is 14.9. The minimum absolute atomic E-state index is 0.00711. The molecule has 2 rings (SSSR count). The molecule has 0 aromatic heterocycles. The summed E-state index contributed by atoms with van der Waals surface area (Å²) >= 11 is 1.65. The highest BCUT2D eigenvalue weighted by molar-refractivity contribution is 7.99. The molecule has 1 fully saturated rings. The van der Waals surface area contributed by atoms with Gasteiger partial charge < -0.3 is 0 Å². The van der Waals surface area contributed by atoms with Gasteiger partial charge in [0, 0.05) is 11.5 Å². The van der Waals surface area contributed by atoms with E-state index in [2.05, 4.69) is 22.7 Å². The number of nitrogens with one attached hydrogen (secondary N) is 1. The largest absolute Gasteiger partial charge is 0.272 e. The second-order valence-corrected chi connectivity index (χ2v) is 6.84. The molecule has 0 radical (unpaired) electrons. The van der Waals surface area contributed by atoms with Crippen LogP contribution < -0.4 is 5.43 Å². The quantitative estimate of drug-likeness (QED) is 0.656. The van der Waals surface area contributed by atoms with Gasteiger partial charge in [0.1, 0.15) is 0 Å². The molecule has 0 unspecified atom stereocenters. The van der Waals surface area contributed by atoms with E-state index in [0.717, 1.165) is 24.3 Å². The molecule has 1 aliphatic rings. The van der Waals surface area contributed by atoms with Gasteiger partial charge in [0.15, 0.2) is 0 Å². The first-order valence-electron chi connectivity index (χ1n) is 7.76. The van der Waals surface area contributed by atoms with E-state index < -0.39 is 0 Å². The van der Waals surface area contributed by atoms with E-state index in [0.29, 0.717) is 0 Å². The predicted octanol–water partition coefficient (Wildman–Crippen LogP) is 4.13. The summed E-state index contributed by atoms with van der Waals surface area (Å²) in [5, 5.41) is 4.24. The molecule has 1 aliphatic carbocycles. The van der Waals surface area contributed by atoms with Gasteiger partial charge in [-0.05, 0) is 38.2 Å². The van der Waals surface area contributed by atoms with Crippen LogP contribution in [0.5, 0.6) is 0 Å². The van der Waals surface area contributed by atoms with Crippen molar-refractivity contribution < 1.29 is 4.79 Å². The van der Waals surface area contributed by atoms with Gasteiger partial charge in [0.25, 0.3) is 5.91 Å². The standard InChI is InChI=1S/C17H24N2OS/c1-14(21-13-15-9-5-4-6-10-15)17(20)19-18-16-11-7-2-3-8-12-16/h4-6,9-10,14H,2-3,7-8,11-13H2,1H3,(H,19,20)/t14-/m1/s1. The van der Waals surface area contributed by atoms with Gasteiger partial charge in [-0.3, -0.25) is 4.79 Å². The molecular weight excluding hydrogens is 280 g/mol. The monoisotopic (exact) mass is 304 g/mol. The lowest BCUT2D eigenvalue weighted by Crippen LogP contribution is -2.28. The van der Waals surface area contributed by atoms with Gasteiger partial charge in [0.2, 0.25) is 0 Å². The van der Waals surface area contributed by atoms with E-state index in [1.54, 1.807) is 11.8 Å². The Balaban J connectivity index is 1.75. The minimum atomic E-state index is -0.0830. The molecule has 1 saturated carbocycles. The van der Waals surface area contributed by atoms with Crippen molar-refractivity contribution in [2.45, 2.75) is 56.5 Å². The molecule has 114 valence electrons. The van der Waals surface area contributed by atoms with Crippen LogP contribution in [-0.2, 0) is 10.5 Å². The molecular formula is C17H24N2OS. The number of hydrogen-bond acceptors (Lipinski definition) is 3. The Bertz CT molecular complexity index is 463. The summed E-state index contributed by atoms with van der Waals surface area (Å²) in [6.45, 7) is 1.94. The average molecular weight is 304 g/mol. The van der Waals surface area contributed by atoms with Gasteiger partial charge >= 0.3 is 0 Å². The Labute approximate surface area is 131 Å². The average Bonchev–Trinajstić information content (AvgIpc) is 2.80. The van der Waals surface area contributed by atoms with Crippen molar-refractivity contribution in [3.63, 3.8) is 0 Å². The zero-order valence-corrected chi connectivity index (χ0v) is 13.5. The lowest BCUT2D eigenvalue weighted by Gasteiger charge is -2.10. The van der Waals surface area contributed by atoms with Crippen molar-refractivity contribution in [3.8, 4) is 0 Å². The van der Waals surface area contributed by atoms with E-state index in [-0.39, 0.29) is 11.2 Å². The van der Waals surface area contributed by atoms with Gasteiger partial charge in [-0.15, -0.1) is 11.8 Å². The van der Waals surface area contributed by atoms with Crippen molar-refractivity contribution in [3.05, 3.63) is 35.9 Å². The van der Waals surface area contributed by atoms with E-state index in [1.165, 1.54) is 31.2 Å². The van der Waals surface area contributed by atoms with E-state index in [4.69, 9.17) is 0 Å². The van der Waals surface area contributed by atoms with Crippen LogP contribution in [0.2, 0.25) is 0 Å². The maximum atomic E-state index is 12.1. The third kappa shape index (κ3) is 5.92. The summed E-state index contributed by atoms with van der Waals surface area (Å²) in [5.74, 6) is 0.860. The summed E-state index contributed by atoms with van der Waals surface area (Å²) < 4.78 is 0. The Morgan fingerprint density at radius 2 is 1.86 bits per heavy atom. The molecule has 1 atom stereocenters. The Morgan fingerprint density at radius 3 is 2.52 bits per heavy atom. The van der Waals surface area contributed by atoms with Gasteiger partial charge in [-0.25, -0.2) is 5.43 Å². The van der Waals surface area contributed by atoms with Crippen LogP contribution in [0, 0.1) is 0 Å². The maximum Gasteiger partial charge on any atom is 0.252 e. The van der Waals surface area contributed by atoms with E-state index >= 15 is 0 Å². The topological polar surface area (TPSA) is 41.5 Å². The van der Waals surface area contributed by atoms with Crippen LogP contribution in [0.15, 0.2) is 35.4 Å². The highest BCUT2D eigenvalue weighted by Crippen LogP contribution is 2.18. The van der Waals surface area contributed by atoms with Crippen LogP contribution in [0.1, 0.15) is 51.0 Å². The number of carbonyl (C=O) groups is 1. The van der Waals surface area contributed by atoms with E-state index in [9.17, 15) is 4.79 Å². The third-order valence-corrected chi connectivity index (χ3v) is 4.93. The zero-order valence-electron chi connectivity index (χ0n) is 12.7. The highest BCUT2D eigenvalue weighted by Gasteiger charge is 2.13. The summed E-state index contributed by atoms with van der Waals surface area (Å²) in [4.78, 5) is 12.1. The lowest BCUT2D eigenvalue weighted by molar-refractivity contribution is -0.120. The predicted molar refractivity (Wildman–Crippen MR) is 90.5 cm³/mol. The number of amides is 1. The molecule has 1 aromatic rings. The molecule has 1 aromatic carbocycles. The number of thioether (sulfide) groups is 1. The normalized spacial score (nSPS) is 16.9. The molecule has 0 bridgehead atoms. The van der Waals surface area contributed by atoms with Crippen LogP contribution in [0.25, 0.3) is 0 Å². The van der Waals surface area contributed by atoms with Gasteiger partial charge in [-0.1, -0.05) is 43.2 Å². The Morgan fingerprint density at radius 1 is 1.19 bits per heavy atom. The molecule has 21 heavy (non-hydrogen) atoms. The molecule has 4 heteroatoms. The molecule has 3 nitrogen and oxygen atoms in total. The number of hydrazone groups is 1. The molecule has 0 saturated heterocycles. The van der Waals surface area contributed by atoms with Crippen LogP contribution >= 0.6 is 11.8 Å². The highest BCUT2D eigenvalue weighted by atomic mass is 32.2. The molecule has 0 heterocycles. The number of rotatable bonds is 5. The van der Waals surface area contributed by atoms with Crippen molar-refractivity contribution >= 4 is 23.4 Å². The molecule has 1 amide bonds. The number of benzene rings is 1. The smallest absolute Gasteiger partial charge is 0.252 e. The first kappa shape index (κ1) is 16.1. The van der Waals surface area contributed by atoms with Crippen molar-refractivity contribution in [1.29, 1.82) is 0 Å². The van der Waals surface area contributed by atoms with Crippen molar-refractivity contribution in [1.82, 2.24) is 5.43 Å². The Hall–Kier alpha value is -1.29. The summed E-state index contributed by atoms with van der Waals surface area (Å²) in [6, 6.07) is 10.2. The van der Waals surface area contributed by atoms with Crippen molar-refractivity contribution in [2.75, 3.05) is 0 Å². The fraction of sp³-hybridized carbons (Fsp3) is 0.529. The van der Waals surface area contributed by atoms with Gasteiger partial charge in [-0.2, -0.15) is 5.10 Å². The summed E-state index contributed by atoms with van der Waals surface area (Å²) in [7, 11) is 0. The lowest BCUT2D eigenvalue weighted by atomic mass is 10.2. The summed E-state index contributed by atoms with van der Waals surface area (Å²) in [5.41, 5.74) is 5.15. The third-order valence-electron chi connectivity index (χ3n) is 3.72.